The maximum Gasteiger partial charge on any atom is 0.237 e. The molecule has 1 atom stereocenters. The molecular weight excluding hydrogens is 240 g/mol. The molecule has 1 unspecified atom stereocenters. The first-order chi connectivity index (χ1) is 8.00. The fraction of sp³-hybridized carbons (Fsp3) is 0.727. The van der Waals surface area contributed by atoms with Gasteiger partial charge in [0, 0.05) is 6.04 Å². The third kappa shape index (κ3) is 4.02. The predicted octanol–water partition coefficient (Wildman–Crippen LogP) is -0.755. The van der Waals surface area contributed by atoms with Gasteiger partial charge in [0.25, 0.3) is 0 Å². The molecule has 0 aromatic heterocycles. The number of amides is 1. The molecule has 17 heavy (non-hydrogen) atoms. The summed E-state index contributed by atoms with van der Waals surface area (Å²) in [6.07, 6.45) is 5.71. The van der Waals surface area contributed by atoms with Crippen molar-refractivity contribution in [3.05, 3.63) is 0 Å². The number of hydrogen-bond donors (Lipinski definition) is 1. The van der Waals surface area contributed by atoms with Crippen LogP contribution in [0.1, 0.15) is 13.3 Å². The molecule has 96 valence electrons. The van der Waals surface area contributed by atoms with Crippen molar-refractivity contribution in [1.82, 2.24) is 10.2 Å². The monoisotopic (exact) mass is 258 g/mol. The Bertz CT molecular complexity index is 411. The van der Waals surface area contributed by atoms with Gasteiger partial charge < -0.3 is 10.2 Å². The summed E-state index contributed by atoms with van der Waals surface area (Å²) >= 11 is 0. The minimum atomic E-state index is -3.00. The van der Waals surface area contributed by atoms with Crippen LogP contribution in [0.2, 0.25) is 0 Å². The number of nitrogens with zero attached hydrogens (tertiary/aromatic N) is 1. The first-order valence-electron chi connectivity index (χ1n) is 5.64. The first kappa shape index (κ1) is 14.0. The van der Waals surface area contributed by atoms with Crippen molar-refractivity contribution < 1.29 is 13.2 Å². The summed E-state index contributed by atoms with van der Waals surface area (Å²) in [6.45, 7) is 2.97. The second-order valence-electron chi connectivity index (χ2n) is 4.06. The average Bonchev–Trinajstić information content (AvgIpc) is 2.63. The SMILES string of the molecule is C#CCN(C(=O)CNCC)C1CCS(=O)(=O)C1. The van der Waals surface area contributed by atoms with Crippen LogP contribution >= 0.6 is 0 Å². The molecule has 1 fully saturated rings. The van der Waals surface area contributed by atoms with E-state index in [2.05, 4.69) is 11.2 Å². The van der Waals surface area contributed by atoms with Crippen LogP contribution in [0, 0.1) is 12.3 Å². The summed E-state index contributed by atoms with van der Waals surface area (Å²) in [7, 11) is -3.00. The number of rotatable bonds is 5. The summed E-state index contributed by atoms with van der Waals surface area (Å²) in [6, 6.07) is -0.262. The van der Waals surface area contributed by atoms with Crippen LogP contribution < -0.4 is 5.32 Å². The average molecular weight is 258 g/mol. The van der Waals surface area contributed by atoms with Crippen LogP contribution in [0.25, 0.3) is 0 Å². The molecule has 0 bridgehead atoms. The Morgan fingerprint density at radius 2 is 2.29 bits per heavy atom. The second kappa shape index (κ2) is 6.03. The molecule has 6 heteroatoms. The third-order valence-electron chi connectivity index (χ3n) is 2.76. The largest absolute Gasteiger partial charge is 0.326 e. The molecule has 1 N–H and O–H groups in total. The highest BCUT2D eigenvalue weighted by molar-refractivity contribution is 7.91. The van der Waals surface area contributed by atoms with Gasteiger partial charge >= 0.3 is 0 Å². The van der Waals surface area contributed by atoms with E-state index < -0.39 is 9.84 Å². The van der Waals surface area contributed by atoms with Crippen molar-refractivity contribution in [3.8, 4) is 12.3 Å². The normalized spacial score (nSPS) is 22.0. The van der Waals surface area contributed by atoms with Gasteiger partial charge in [0.05, 0.1) is 24.6 Å². The van der Waals surface area contributed by atoms with E-state index in [9.17, 15) is 13.2 Å². The predicted molar refractivity (Wildman–Crippen MR) is 66.1 cm³/mol. The smallest absolute Gasteiger partial charge is 0.237 e. The quantitative estimate of drug-likeness (QED) is 0.659. The fourth-order valence-electron chi connectivity index (χ4n) is 1.87. The molecule has 0 saturated carbocycles. The number of nitrogens with one attached hydrogen (secondary N) is 1. The van der Waals surface area contributed by atoms with E-state index >= 15 is 0 Å². The van der Waals surface area contributed by atoms with E-state index in [1.165, 1.54) is 4.90 Å². The van der Waals surface area contributed by atoms with Gasteiger partial charge in [-0.1, -0.05) is 12.8 Å². The molecule has 0 radical (unpaired) electrons. The Balaban J connectivity index is 2.67. The Hall–Kier alpha value is -1.06. The first-order valence-corrected chi connectivity index (χ1v) is 7.46. The number of terminal acetylenes is 1. The minimum absolute atomic E-state index is 0.0343. The van der Waals surface area contributed by atoms with E-state index in [0.717, 1.165) is 0 Å². The van der Waals surface area contributed by atoms with Gasteiger partial charge in [-0.05, 0) is 13.0 Å². The lowest BCUT2D eigenvalue weighted by Crippen LogP contribution is -2.45. The van der Waals surface area contributed by atoms with Crippen molar-refractivity contribution in [3.63, 3.8) is 0 Å². The topological polar surface area (TPSA) is 66.5 Å². The van der Waals surface area contributed by atoms with Crippen LogP contribution in [-0.4, -0.2) is 56.4 Å². The molecule has 0 aromatic carbocycles. The summed E-state index contributed by atoms with van der Waals surface area (Å²) in [5, 5.41) is 2.92. The van der Waals surface area contributed by atoms with Gasteiger partial charge in [-0.25, -0.2) is 8.42 Å². The molecule has 1 aliphatic heterocycles. The lowest BCUT2D eigenvalue weighted by atomic mass is 10.2. The van der Waals surface area contributed by atoms with Gasteiger partial charge in [0.2, 0.25) is 5.91 Å². The van der Waals surface area contributed by atoms with Crippen LogP contribution in [0.4, 0.5) is 0 Å². The zero-order valence-electron chi connectivity index (χ0n) is 9.98. The minimum Gasteiger partial charge on any atom is -0.326 e. The van der Waals surface area contributed by atoms with Gasteiger partial charge in [-0.15, -0.1) is 6.42 Å². The van der Waals surface area contributed by atoms with Crippen molar-refractivity contribution in [2.75, 3.05) is 31.1 Å². The molecule has 1 rings (SSSR count). The lowest BCUT2D eigenvalue weighted by molar-refractivity contribution is -0.131. The summed E-state index contributed by atoms with van der Waals surface area (Å²) in [5.41, 5.74) is 0. The zero-order chi connectivity index (χ0) is 12.9. The molecule has 5 nitrogen and oxygen atoms in total. The molecule has 1 heterocycles. The van der Waals surface area contributed by atoms with Gasteiger partial charge in [0.15, 0.2) is 9.84 Å². The van der Waals surface area contributed by atoms with Crippen LogP contribution in [0.5, 0.6) is 0 Å². The third-order valence-corrected chi connectivity index (χ3v) is 4.51. The molecule has 0 aliphatic carbocycles. The Kier molecular flexibility index (Phi) is 4.97. The lowest BCUT2D eigenvalue weighted by Gasteiger charge is -2.26. The molecule has 0 spiro atoms. The number of carbonyl (C=O) groups excluding carboxylic acids is 1. The summed E-state index contributed by atoms with van der Waals surface area (Å²) < 4.78 is 22.8. The standard InChI is InChI=1S/C11H18N2O3S/c1-3-6-13(11(14)8-12-4-2)10-5-7-17(15,16)9-10/h1,10,12H,4-9H2,2H3. The van der Waals surface area contributed by atoms with Crippen molar-refractivity contribution >= 4 is 15.7 Å². The Morgan fingerprint density at radius 3 is 2.76 bits per heavy atom. The Morgan fingerprint density at radius 1 is 1.59 bits per heavy atom. The molecule has 1 saturated heterocycles. The second-order valence-corrected chi connectivity index (χ2v) is 6.29. The van der Waals surface area contributed by atoms with E-state index in [1.807, 2.05) is 6.92 Å². The van der Waals surface area contributed by atoms with E-state index in [-0.39, 0.29) is 36.5 Å². The van der Waals surface area contributed by atoms with E-state index in [1.54, 1.807) is 0 Å². The van der Waals surface area contributed by atoms with E-state index in [0.29, 0.717) is 13.0 Å². The number of sulfone groups is 1. The van der Waals surface area contributed by atoms with Crippen molar-refractivity contribution in [2.45, 2.75) is 19.4 Å². The van der Waals surface area contributed by atoms with Gasteiger partial charge in [-0.3, -0.25) is 4.79 Å². The van der Waals surface area contributed by atoms with Crippen molar-refractivity contribution in [2.24, 2.45) is 0 Å². The Labute approximate surface area is 102 Å². The van der Waals surface area contributed by atoms with Crippen molar-refractivity contribution in [1.29, 1.82) is 0 Å². The number of hydrogen-bond acceptors (Lipinski definition) is 4. The maximum absolute atomic E-state index is 11.9. The highest BCUT2D eigenvalue weighted by atomic mass is 32.2. The summed E-state index contributed by atoms with van der Waals surface area (Å²) in [5.74, 6) is 2.46. The molecule has 1 amide bonds. The highest BCUT2D eigenvalue weighted by Crippen LogP contribution is 2.17. The van der Waals surface area contributed by atoms with Gasteiger partial charge in [-0.2, -0.15) is 0 Å². The molecule has 1 aliphatic rings. The maximum atomic E-state index is 11.9. The number of likely N-dealkylation sites (N-methyl/N-ethyl adjacent to an activating group) is 1. The molecular formula is C11H18N2O3S. The van der Waals surface area contributed by atoms with Crippen LogP contribution in [-0.2, 0) is 14.6 Å². The zero-order valence-corrected chi connectivity index (χ0v) is 10.8. The van der Waals surface area contributed by atoms with Crippen LogP contribution in [0.15, 0.2) is 0 Å². The summed E-state index contributed by atoms with van der Waals surface area (Å²) in [4.78, 5) is 13.4. The highest BCUT2D eigenvalue weighted by Gasteiger charge is 2.33. The van der Waals surface area contributed by atoms with Gasteiger partial charge in [0.1, 0.15) is 0 Å². The number of carbonyl (C=O) groups is 1. The van der Waals surface area contributed by atoms with Crippen LogP contribution in [0.3, 0.4) is 0 Å². The fourth-order valence-corrected chi connectivity index (χ4v) is 3.60. The molecule has 0 aromatic rings. The van der Waals surface area contributed by atoms with E-state index in [4.69, 9.17) is 6.42 Å².